The molecule has 52 heavy (non-hydrogen) atoms. The number of nitro groups is 1. The van der Waals surface area contributed by atoms with Crippen molar-refractivity contribution in [2.24, 2.45) is 0 Å². The maximum absolute atomic E-state index is 12.4. The molecule has 1 rings (SSSR count). The molecule has 1 unspecified atom stereocenters. The first kappa shape index (κ1) is 47.9. The van der Waals surface area contributed by atoms with Gasteiger partial charge in [-0.1, -0.05) is 213 Å². The number of non-ortho nitro benzene ring substituents is 1. The highest BCUT2D eigenvalue weighted by atomic mass is 16.7. The van der Waals surface area contributed by atoms with Crippen LogP contribution in [0.1, 0.15) is 226 Å². The maximum atomic E-state index is 12.4. The van der Waals surface area contributed by atoms with Crippen molar-refractivity contribution in [1.29, 1.82) is 0 Å². The van der Waals surface area contributed by atoms with Crippen molar-refractivity contribution in [3.63, 3.8) is 0 Å². The number of nitrogens with zero attached hydrogens (tertiary/aromatic N) is 1. The molecule has 0 heterocycles. The van der Waals surface area contributed by atoms with E-state index in [-0.39, 0.29) is 24.1 Å². The van der Waals surface area contributed by atoms with E-state index in [4.69, 9.17) is 14.2 Å². The third-order valence-corrected chi connectivity index (χ3v) is 10.4. The molecule has 0 aliphatic heterocycles. The smallest absolute Gasteiger partial charge is 0.431 e. The molecule has 0 aliphatic carbocycles. The van der Waals surface area contributed by atoms with E-state index in [1.165, 1.54) is 217 Å². The van der Waals surface area contributed by atoms with Gasteiger partial charge in [0.2, 0.25) is 0 Å². The van der Waals surface area contributed by atoms with Gasteiger partial charge in [0.25, 0.3) is 5.69 Å². The second-order valence-electron chi connectivity index (χ2n) is 15.3. The standard InChI is InChI=1S/C45H81NO6/c1-3-5-7-9-11-13-15-17-19-21-23-25-27-29-31-33-35-44(41-51-45(47)52-43-38-36-42(37-39-43)46(48)49)50-40-34-32-30-28-26-24-22-20-18-16-14-12-10-8-6-4-2/h36-39,44H,3-35,40-41H2,1-2H3. The summed E-state index contributed by atoms with van der Waals surface area (Å²) in [6, 6.07) is 5.43. The molecule has 0 fully saturated rings. The summed E-state index contributed by atoms with van der Waals surface area (Å²) in [5, 5.41) is 10.9. The Kier molecular flexibility index (Phi) is 34.2. The Bertz CT molecular complexity index is 923. The van der Waals surface area contributed by atoms with Crippen molar-refractivity contribution in [2.75, 3.05) is 13.2 Å². The lowest BCUT2D eigenvalue weighted by Gasteiger charge is -2.18. The van der Waals surface area contributed by atoms with Gasteiger partial charge < -0.3 is 14.2 Å². The molecule has 1 atom stereocenters. The zero-order valence-electron chi connectivity index (χ0n) is 34.0. The van der Waals surface area contributed by atoms with Crippen molar-refractivity contribution >= 4 is 11.8 Å². The number of hydrogen-bond acceptors (Lipinski definition) is 6. The van der Waals surface area contributed by atoms with Gasteiger partial charge in [-0.05, 0) is 25.0 Å². The number of hydrogen-bond donors (Lipinski definition) is 0. The normalized spacial score (nSPS) is 11.9. The van der Waals surface area contributed by atoms with Gasteiger partial charge in [0.05, 0.1) is 11.0 Å². The van der Waals surface area contributed by atoms with Crippen LogP contribution in [-0.2, 0) is 9.47 Å². The number of unbranched alkanes of at least 4 members (excludes halogenated alkanes) is 30. The fraction of sp³-hybridized carbons (Fsp3) is 0.844. The van der Waals surface area contributed by atoms with Crippen LogP contribution in [0.15, 0.2) is 24.3 Å². The van der Waals surface area contributed by atoms with Gasteiger partial charge in [0, 0.05) is 18.7 Å². The van der Waals surface area contributed by atoms with E-state index in [1.807, 2.05) is 0 Å². The summed E-state index contributed by atoms with van der Waals surface area (Å²) in [6.45, 7) is 5.40. The van der Waals surface area contributed by atoms with Crippen LogP contribution in [0.3, 0.4) is 0 Å². The molecule has 0 saturated carbocycles. The van der Waals surface area contributed by atoms with Crippen molar-refractivity contribution < 1.29 is 23.9 Å². The summed E-state index contributed by atoms with van der Waals surface area (Å²) in [5.74, 6) is 0.221. The highest BCUT2D eigenvalue weighted by Gasteiger charge is 2.15. The molecule has 7 nitrogen and oxygen atoms in total. The predicted molar refractivity (Wildman–Crippen MR) is 219 cm³/mol. The summed E-state index contributed by atoms with van der Waals surface area (Å²) in [5.41, 5.74) is -0.0536. The molecule has 0 aliphatic rings. The van der Waals surface area contributed by atoms with E-state index in [0.29, 0.717) is 6.61 Å². The summed E-state index contributed by atoms with van der Waals surface area (Å²) >= 11 is 0. The highest BCUT2D eigenvalue weighted by molar-refractivity contribution is 5.64. The largest absolute Gasteiger partial charge is 0.513 e. The van der Waals surface area contributed by atoms with Gasteiger partial charge in [-0.25, -0.2) is 4.79 Å². The van der Waals surface area contributed by atoms with Crippen LogP contribution in [-0.4, -0.2) is 30.4 Å². The summed E-state index contributed by atoms with van der Waals surface area (Å²) in [6.07, 6.45) is 42.8. The number of carbonyl (C=O) groups is 1. The fourth-order valence-corrected chi connectivity index (χ4v) is 6.96. The first-order valence-corrected chi connectivity index (χ1v) is 22.3. The van der Waals surface area contributed by atoms with Gasteiger partial charge in [-0.15, -0.1) is 0 Å². The predicted octanol–water partition coefficient (Wildman–Crippen LogP) is 15.4. The first-order chi connectivity index (χ1) is 25.6. The Morgan fingerprint density at radius 1 is 0.538 bits per heavy atom. The van der Waals surface area contributed by atoms with Crippen molar-refractivity contribution in [3.8, 4) is 5.75 Å². The van der Waals surface area contributed by atoms with Crippen LogP contribution < -0.4 is 4.74 Å². The van der Waals surface area contributed by atoms with Gasteiger partial charge in [0.1, 0.15) is 12.4 Å². The van der Waals surface area contributed by atoms with Crippen LogP contribution in [0.2, 0.25) is 0 Å². The molecule has 7 heteroatoms. The summed E-state index contributed by atoms with van der Waals surface area (Å²) < 4.78 is 16.9. The van der Waals surface area contributed by atoms with Gasteiger partial charge in [0.15, 0.2) is 0 Å². The minimum Gasteiger partial charge on any atom is -0.431 e. The lowest BCUT2D eigenvalue weighted by atomic mass is 10.0. The van der Waals surface area contributed by atoms with Gasteiger partial charge in [-0.2, -0.15) is 0 Å². The molecule has 1 aromatic carbocycles. The van der Waals surface area contributed by atoms with Crippen LogP contribution in [0.4, 0.5) is 10.5 Å². The highest BCUT2D eigenvalue weighted by Crippen LogP contribution is 2.19. The zero-order chi connectivity index (χ0) is 37.6. The Balaban J connectivity index is 2.18. The topological polar surface area (TPSA) is 87.9 Å². The molecular weight excluding hydrogens is 650 g/mol. The van der Waals surface area contributed by atoms with Crippen LogP contribution >= 0.6 is 0 Å². The zero-order valence-corrected chi connectivity index (χ0v) is 34.0. The third-order valence-electron chi connectivity index (χ3n) is 10.4. The van der Waals surface area contributed by atoms with E-state index in [0.717, 1.165) is 19.3 Å². The summed E-state index contributed by atoms with van der Waals surface area (Å²) in [7, 11) is 0. The average molecular weight is 732 g/mol. The van der Waals surface area contributed by atoms with Crippen LogP contribution in [0.5, 0.6) is 5.75 Å². The second-order valence-corrected chi connectivity index (χ2v) is 15.3. The second kappa shape index (κ2) is 37.2. The molecular formula is C45H81NO6. The molecule has 0 aromatic heterocycles. The van der Waals surface area contributed by atoms with Gasteiger partial charge in [-0.3, -0.25) is 10.1 Å². The number of benzene rings is 1. The molecule has 302 valence electrons. The molecule has 0 saturated heterocycles. The number of ether oxygens (including phenoxy) is 3. The van der Waals surface area contributed by atoms with Crippen molar-refractivity contribution in [2.45, 2.75) is 232 Å². The lowest BCUT2D eigenvalue weighted by molar-refractivity contribution is -0.384. The average Bonchev–Trinajstić information content (AvgIpc) is 3.14. The van der Waals surface area contributed by atoms with Crippen molar-refractivity contribution in [1.82, 2.24) is 0 Å². The minimum atomic E-state index is -0.808. The summed E-state index contributed by atoms with van der Waals surface area (Å²) in [4.78, 5) is 22.8. The monoisotopic (exact) mass is 732 g/mol. The van der Waals surface area contributed by atoms with E-state index in [9.17, 15) is 14.9 Å². The fourth-order valence-electron chi connectivity index (χ4n) is 6.96. The SMILES string of the molecule is CCCCCCCCCCCCCCCCCCOC(CCCCCCCCCCCCCCCCCC)COC(=O)Oc1ccc([N+](=O)[O-])cc1. The molecule has 0 amide bonds. The van der Waals surface area contributed by atoms with Crippen LogP contribution in [0.25, 0.3) is 0 Å². The number of nitro benzene ring substituents is 1. The number of rotatable bonds is 39. The maximum Gasteiger partial charge on any atom is 0.513 e. The quantitative estimate of drug-likeness (QED) is 0.0220. The van der Waals surface area contributed by atoms with E-state index in [2.05, 4.69) is 13.8 Å². The molecule has 1 aromatic rings. The molecule has 0 N–H and O–H groups in total. The number of carbonyl (C=O) groups excluding carboxylic acids is 1. The Morgan fingerprint density at radius 3 is 1.25 bits per heavy atom. The van der Waals surface area contributed by atoms with Crippen LogP contribution in [0, 0.1) is 10.1 Å². The molecule has 0 radical (unpaired) electrons. The van der Waals surface area contributed by atoms with Crippen molar-refractivity contribution in [3.05, 3.63) is 34.4 Å². The Hall–Kier alpha value is -2.15. The third kappa shape index (κ3) is 31.4. The molecule has 0 spiro atoms. The van der Waals surface area contributed by atoms with E-state index < -0.39 is 11.1 Å². The minimum absolute atomic E-state index is 0.0536. The molecule has 0 bridgehead atoms. The van der Waals surface area contributed by atoms with E-state index >= 15 is 0 Å². The van der Waals surface area contributed by atoms with Gasteiger partial charge >= 0.3 is 6.16 Å². The lowest BCUT2D eigenvalue weighted by Crippen LogP contribution is -2.24. The Morgan fingerprint density at radius 2 is 0.885 bits per heavy atom. The van der Waals surface area contributed by atoms with E-state index in [1.54, 1.807) is 0 Å². The Labute approximate surface area is 320 Å². The first-order valence-electron chi connectivity index (χ1n) is 22.3.